The zero-order chi connectivity index (χ0) is 23.6. The number of nitrogens with one attached hydrogen (secondary N) is 1. The highest BCUT2D eigenvalue weighted by Crippen LogP contribution is 2.46. The lowest BCUT2D eigenvalue weighted by Gasteiger charge is -2.39. The fraction of sp³-hybridized carbons (Fsp3) is 0.304. The van der Waals surface area contributed by atoms with E-state index in [0.29, 0.717) is 40.4 Å². The summed E-state index contributed by atoms with van der Waals surface area (Å²) in [7, 11) is 0. The Labute approximate surface area is 194 Å². The highest BCUT2D eigenvalue weighted by molar-refractivity contribution is 8.15. The lowest BCUT2D eigenvalue weighted by atomic mass is 9.83. The molecule has 10 heteroatoms. The Hall–Kier alpha value is -3.45. The molecule has 33 heavy (non-hydrogen) atoms. The van der Waals surface area contributed by atoms with Crippen LogP contribution >= 0.6 is 11.8 Å². The minimum Gasteiger partial charge on any atom is -0.463 e. The minimum absolute atomic E-state index is 0.0838. The molecule has 1 aromatic carbocycles. The van der Waals surface area contributed by atoms with Gasteiger partial charge in [0, 0.05) is 17.4 Å². The van der Waals surface area contributed by atoms with E-state index in [1.165, 1.54) is 24.0 Å². The summed E-state index contributed by atoms with van der Waals surface area (Å²) in [5, 5.41) is 3.40. The monoisotopic (exact) mass is 468 g/mol. The third-order valence-corrected chi connectivity index (χ3v) is 6.31. The fourth-order valence-corrected chi connectivity index (χ4v) is 5.07. The van der Waals surface area contributed by atoms with E-state index in [9.17, 15) is 8.78 Å². The zero-order valence-electron chi connectivity index (χ0n) is 18.1. The second-order valence-corrected chi connectivity index (χ2v) is 9.74. The van der Waals surface area contributed by atoms with Crippen molar-refractivity contribution in [1.82, 2.24) is 15.0 Å². The molecule has 0 amide bonds. The predicted molar refractivity (Wildman–Crippen MR) is 127 cm³/mol. The Bertz CT molecular complexity index is 1280. The SMILES string of the molecule is C#CCOc1cnc2c(Nc3ccc(F)c([C@]4(C)C[C@](C)(CF)SC(N)=N4)c3)nccc2n1. The largest absolute Gasteiger partial charge is 0.463 e. The van der Waals surface area contributed by atoms with Crippen LogP contribution in [0.2, 0.25) is 0 Å². The van der Waals surface area contributed by atoms with E-state index >= 15 is 0 Å². The molecule has 0 radical (unpaired) electrons. The van der Waals surface area contributed by atoms with Gasteiger partial charge in [-0.05, 0) is 44.5 Å². The summed E-state index contributed by atoms with van der Waals surface area (Å²) < 4.78 is 33.2. The molecule has 1 aliphatic rings. The van der Waals surface area contributed by atoms with Gasteiger partial charge in [0.15, 0.2) is 17.6 Å². The summed E-state index contributed by atoms with van der Waals surface area (Å²) >= 11 is 1.17. The van der Waals surface area contributed by atoms with Crippen LogP contribution in [0.25, 0.3) is 11.0 Å². The molecule has 1 aliphatic heterocycles. The number of ether oxygens (including phenoxy) is 1. The summed E-state index contributed by atoms with van der Waals surface area (Å²) in [4.78, 5) is 17.6. The van der Waals surface area contributed by atoms with Crippen LogP contribution in [0.4, 0.5) is 20.3 Å². The molecule has 0 aliphatic carbocycles. The average molecular weight is 469 g/mol. The fourth-order valence-electron chi connectivity index (χ4n) is 3.91. The first kappa shape index (κ1) is 22.7. The van der Waals surface area contributed by atoms with E-state index in [1.54, 1.807) is 38.2 Å². The standard InChI is InChI=1S/C23H22F2N6OS/c1-4-9-32-18-11-28-19-17(30-18)7-8-27-20(19)29-14-5-6-16(25)15(10-14)23(3)12-22(2,13-24)33-21(26)31-23/h1,5-8,10-11H,9,12-13H2,2-3H3,(H2,26,31)(H,27,29)/t22-,23+/m1/s1. The van der Waals surface area contributed by atoms with Crippen LogP contribution < -0.4 is 15.8 Å². The molecule has 7 nitrogen and oxygen atoms in total. The number of pyridine rings is 1. The predicted octanol–water partition coefficient (Wildman–Crippen LogP) is 4.31. The zero-order valence-corrected chi connectivity index (χ0v) is 18.9. The van der Waals surface area contributed by atoms with Crippen LogP contribution in [0.5, 0.6) is 5.88 Å². The van der Waals surface area contributed by atoms with E-state index in [0.717, 1.165) is 0 Å². The van der Waals surface area contributed by atoms with Crippen molar-refractivity contribution < 1.29 is 13.5 Å². The molecular formula is C23H22F2N6OS. The summed E-state index contributed by atoms with van der Waals surface area (Å²) in [5.74, 6) is 2.66. The van der Waals surface area contributed by atoms with Gasteiger partial charge < -0.3 is 15.8 Å². The van der Waals surface area contributed by atoms with Gasteiger partial charge in [-0.1, -0.05) is 17.7 Å². The maximum absolute atomic E-state index is 14.9. The maximum atomic E-state index is 14.9. The highest BCUT2D eigenvalue weighted by Gasteiger charge is 2.43. The number of aromatic nitrogens is 3. The van der Waals surface area contributed by atoms with Gasteiger partial charge in [-0.3, -0.25) is 4.99 Å². The van der Waals surface area contributed by atoms with Crippen molar-refractivity contribution in [2.45, 2.75) is 30.6 Å². The number of hydrogen-bond donors (Lipinski definition) is 2. The lowest BCUT2D eigenvalue weighted by Crippen LogP contribution is -2.41. The number of aliphatic imine (C=N–C) groups is 1. The van der Waals surface area contributed by atoms with E-state index in [-0.39, 0.29) is 11.8 Å². The molecule has 4 rings (SSSR count). The Kier molecular flexibility index (Phi) is 6.08. The van der Waals surface area contributed by atoms with Gasteiger partial charge in [-0.2, -0.15) is 0 Å². The second-order valence-electron chi connectivity index (χ2n) is 8.13. The molecule has 0 unspecified atom stereocenters. The molecule has 0 fully saturated rings. The van der Waals surface area contributed by atoms with Crippen molar-refractivity contribution in [2.24, 2.45) is 10.7 Å². The van der Waals surface area contributed by atoms with Crippen molar-refractivity contribution >= 4 is 39.5 Å². The number of thioether (sulfide) groups is 1. The number of amidine groups is 1. The highest BCUT2D eigenvalue weighted by atomic mass is 32.2. The number of rotatable bonds is 6. The van der Waals surface area contributed by atoms with Gasteiger partial charge in [0.05, 0.1) is 22.0 Å². The van der Waals surface area contributed by atoms with Crippen LogP contribution in [0.15, 0.2) is 41.7 Å². The van der Waals surface area contributed by atoms with Crippen molar-refractivity contribution in [3.63, 3.8) is 0 Å². The number of alkyl halides is 1. The first-order valence-electron chi connectivity index (χ1n) is 10.1. The number of halogens is 2. The molecule has 0 bridgehead atoms. The van der Waals surface area contributed by atoms with E-state index in [4.69, 9.17) is 16.9 Å². The number of hydrogen-bond acceptors (Lipinski definition) is 8. The quantitative estimate of drug-likeness (QED) is 0.520. The van der Waals surface area contributed by atoms with Crippen LogP contribution in [-0.2, 0) is 5.54 Å². The number of nitrogens with two attached hydrogens (primary N) is 1. The molecule has 2 aromatic heterocycles. The molecule has 0 spiro atoms. The molecular weight excluding hydrogens is 446 g/mol. The van der Waals surface area contributed by atoms with Crippen molar-refractivity contribution in [1.29, 1.82) is 0 Å². The van der Waals surface area contributed by atoms with Gasteiger partial charge in [0.1, 0.15) is 18.0 Å². The number of anilines is 2. The molecule has 3 heterocycles. The summed E-state index contributed by atoms with van der Waals surface area (Å²) in [5.41, 5.74) is 6.89. The van der Waals surface area contributed by atoms with E-state index in [1.807, 2.05) is 0 Å². The Morgan fingerprint density at radius 2 is 2.12 bits per heavy atom. The molecule has 170 valence electrons. The van der Waals surface area contributed by atoms with Crippen molar-refractivity contribution in [3.8, 4) is 18.2 Å². The first-order valence-corrected chi connectivity index (χ1v) is 10.9. The van der Waals surface area contributed by atoms with Gasteiger partial charge in [-0.15, -0.1) is 6.42 Å². The normalized spacial score (nSPS) is 22.5. The maximum Gasteiger partial charge on any atom is 0.233 e. The number of terminal acetylenes is 1. The number of nitrogens with zero attached hydrogens (tertiary/aromatic N) is 4. The topological polar surface area (TPSA) is 98.3 Å². The Morgan fingerprint density at radius 3 is 2.88 bits per heavy atom. The number of benzene rings is 1. The third kappa shape index (κ3) is 4.68. The minimum atomic E-state index is -1.02. The molecule has 0 saturated carbocycles. The second kappa shape index (κ2) is 8.83. The van der Waals surface area contributed by atoms with Crippen molar-refractivity contribution in [2.75, 3.05) is 18.6 Å². The summed E-state index contributed by atoms with van der Waals surface area (Å²) in [6.45, 7) is 3.00. The molecule has 2 atom stereocenters. The van der Waals surface area contributed by atoms with Gasteiger partial charge in [0.25, 0.3) is 0 Å². The third-order valence-electron chi connectivity index (χ3n) is 5.26. The number of fused-ring (bicyclic) bond motifs is 1. The van der Waals surface area contributed by atoms with Crippen molar-refractivity contribution in [3.05, 3.63) is 48.0 Å². The van der Waals surface area contributed by atoms with Gasteiger partial charge in [-0.25, -0.2) is 23.7 Å². The van der Waals surface area contributed by atoms with Crippen LogP contribution in [0, 0.1) is 18.2 Å². The van der Waals surface area contributed by atoms with Crippen LogP contribution in [-0.4, -0.2) is 38.1 Å². The van der Waals surface area contributed by atoms with Crippen LogP contribution in [0.1, 0.15) is 25.8 Å². The molecule has 0 saturated heterocycles. The smallest absolute Gasteiger partial charge is 0.233 e. The Morgan fingerprint density at radius 1 is 1.30 bits per heavy atom. The summed E-state index contributed by atoms with van der Waals surface area (Å²) in [6.07, 6.45) is 8.54. The van der Waals surface area contributed by atoms with Gasteiger partial charge in [0.2, 0.25) is 5.88 Å². The molecule has 3 N–H and O–H groups in total. The van der Waals surface area contributed by atoms with Gasteiger partial charge >= 0.3 is 0 Å². The summed E-state index contributed by atoms with van der Waals surface area (Å²) in [6, 6.07) is 6.26. The Balaban J connectivity index is 1.69. The van der Waals surface area contributed by atoms with Crippen LogP contribution in [0.3, 0.4) is 0 Å². The average Bonchev–Trinajstić information content (AvgIpc) is 2.78. The van der Waals surface area contributed by atoms with E-state index in [2.05, 4.69) is 31.2 Å². The lowest BCUT2D eigenvalue weighted by molar-refractivity contribution is 0.318. The first-order chi connectivity index (χ1) is 15.7. The van der Waals surface area contributed by atoms with E-state index < -0.39 is 22.8 Å². The molecule has 3 aromatic rings.